The number of carbonyl (C=O) groups is 1. The van der Waals surface area contributed by atoms with Crippen molar-refractivity contribution in [2.75, 3.05) is 32.7 Å². The second-order valence-corrected chi connectivity index (χ2v) is 7.29. The summed E-state index contributed by atoms with van der Waals surface area (Å²) in [5.41, 5.74) is 1.82. The molecular formula is C21H27ClIN5O2. The fourth-order valence-corrected chi connectivity index (χ4v) is 3.28. The molecule has 2 heterocycles. The van der Waals surface area contributed by atoms with Gasteiger partial charge in [0.2, 0.25) is 5.91 Å². The van der Waals surface area contributed by atoms with E-state index < -0.39 is 6.10 Å². The highest BCUT2D eigenvalue weighted by Crippen LogP contribution is 2.15. The molecular weight excluding hydrogens is 517 g/mol. The largest absolute Gasteiger partial charge is 0.386 e. The monoisotopic (exact) mass is 543 g/mol. The van der Waals surface area contributed by atoms with Gasteiger partial charge in [-0.15, -0.1) is 24.0 Å². The Bertz CT molecular complexity index is 835. The van der Waals surface area contributed by atoms with Crippen LogP contribution in [0.3, 0.4) is 0 Å². The predicted octanol–water partition coefficient (Wildman–Crippen LogP) is 2.70. The van der Waals surface area contributed by atoms with Crippen molar-refractivity contribution < 1.29 is 9.90 Å². The Hall–Kier alpha value is -1.91. The molecule has 0 radical (unpaired) electrons. The van der Waals surface area contributed by atoms with Crippen molar-refractivity contribution in [2.45, 2.75) is 19.6 Å². The summed E-state index contributed by atoms with van der Waals surface area (Å²) in [5, 5.41) is 14.3. The summed E-state index contributed by atoms with van der Waals surface area (Å²) in [5.74, 6) is 0.687. The molecule has 0 bridgehead atoms. The molecule has 30 heavy (non-hydrogen) atoms. The molecule has 0 saturated carbocycles. The van der Waals surface area contributed by atoms with Gasteiger partial charge in [-0.1, -0.05) is 23.7 Å². The molecule has 0 aliphatic carbocycles. The number of guanidine groups is 1. The number of carbonyl (C=O) groups excluding carboxylic acids is 1. The number of aromatic nitrogens is 1. The van der Waals surface area contributed by atoms with E-state index in [-0.39, 0.29) is 43.0 Å². The number of pyridine rings is 1. The van der Waals surface area contributed by atoms with E-state index in [1.807, 2.05) is 41.0 Å². The van der Waals surface area contributed by atoms with E-state index in [4.69, 9.17) is 11.6 Å². The van der Waals surface area contributed by atoms with Crippen molar-refractivity contribution in [1.29, 1.82) is 0 Å². The second-order valence-electron chi connectivity index (χ2n) is 6.85. The minimum absolute atomic E-state index is 0. The molecule has 2 N–H and O–H groups in total. The maximum Gasteiger partial charge on any atom is 0.242 e. The van der Waals surface area contributed by atoms with Gasteiger partial charge in [-0.25, -0.2) is 0 Å². The Kier molecular flexibility index (Phi) is 9.80. The van der Waals surface area contributed by atoms with Crippen LogP contribution in [0, 0.1) is 0 Å². The molecule has 1 aromatic carbocycles. The van der Waals surface area contributed by atoms with Crippen molar-refractivity contribution in [2.24, 2.45) is 4.99 Å². The van der Waals surface area contributed by atoms with Crippen LogP contribution in [0.25, 0.3) is 0 Å². The van der Waals surface area contributed by atoms with E-state index in [0.717, 1.165) is 11.1 Å². The van der Waals surface area contributed by atoms with Crippen LogP contribution in [0.5, 0.6) is 0 Å². The number of hydrogen-bond acceptors (Lipinski definition) is 4. The van der Waals surface area contributed by atoms with Crippen LogP contribution >= 0.6 is 35.6 Å². The van der Waals surface area contributed by atoms with E-state index in [2.05, 4.69) is 15.3 Å². The molecule has 1 unspecified atom stereocenters. The zero-order valence-electron chi connectivity index (χ0n) is 16.9. The Morgan fingerprint density at radius 2 is 1.93 bits per heavy atom. The molecule has 3 rings (SSSR count). The van der Waals surface area contributed by atoms with Crippen LogP contribution in [0.15, 0.2) is 53.8 Å². The van der Waals surface area contributed by atoms with Crippen molar-refractivity contribution in [1.82, 2.24) is 20.1 Å². The van der Waals surface area contributed by atoms with Crippen molar-refractivity contribution >= 4 is 47.4 Å². The molecule has 1 aliphatic rings. The normalized spacial score (nSPS) is 15.6. The number of rotatable bonds is 6. The molecule has 1 aromatic heterocycles. The van der Waals surface area contributed by atoms with Gasteiger partial charge in [-0.2, -0.15) is 0 Å². The Balaban J connectivity index is 0.00000320. The van der Waals surface area contributed by atoms with Crippen LogP contribution in [0.2, 0.25) is 5.02 Å². The average Bonchev–Trinajstić information content (AvgIpc) is 2.74. The molecule has 1 fully saturated rings. The van der Waals surface area contributed by atoms with Crippen LogP contribution in [0.4, 0.5) is 0 Å². The first kappa shape index (κ1) is 24.4. The third kappa shape index (κ3) is 6.82. The number of amides is 1. The highest BCUT2D eigenvalue weighted by molar-refractivity contribution is 14.0. The fraction of sp³-hybridized carbons (Fsp3) is 0.381. The molecule has 1 aliphatic heterocycles. The van der Waals surface area contributed by atoms with Gasteiger partial charge in [0.05, 0.1) is 19.2 Å². The van der Waals surface area contributed by atoms with E-state index in [0.29, 0.717) is 37.2 Å². The number of halogens is 2. The highest BCUT2D eigenvalue weighted by Gasteiger charge is 2.26. The Labute approximate surface area is 199 Å². The number of aliphatic imine (C=N–C) groups is 1. The minimum atomic E-state index is -0.714. The highest BCUT2D eigenvalue weighted by atomic mass is 127. The van der Waals surface area contributed by atoms with Gasteiger partial charge in [0.15, 0.2) is 5.96 Å². The molecule has 1 amide bonds. The maximum atomic E-state index is 12.7. The van der Waals surface area contributed by atoms with Gasteiger partial charge < -0.3 is 20.2 Å². The lowest BCUT2D eigenvalue weighted by molar-refractivity contribution is -0.135. The van der Waals surface area contributed by atoms with Gasteiger partial charge >= 0.3 is 0 Å². The topological polar surface area (TPSA) is 81.1 Å². The molecule has 7 nitrogen and oxygen atoms in total. The van der Waals surface area contributed by atoms with Crippen LogP contribution in [-0.4, -0.2) is 64.5 Å². The first-order valence-corrected chi connectivity index (χ1v) is 10.1. The molecule has 2 aromatic rings. The standard InChI is InChI=1S/C21H26ClN5O2.HI/c1-2-24-21(25-13-19(28)17-7-9-23-10-8-17)27-12-11-26(20(29)15-27)14-16-3-5-18(22)6-4-16;/h3-10,19,28H,2,11-15H2,1H3,(H,24,25);1H. The van der Waals surface area contributed by atoms with Crippen LogP contribution in [0.1, 0.15) is 24.2 Å². The minimum Gasteiger partial charge on any atom is -0.386 e. The summed E-state index contributed by atoms with van der Waals surface area (Å²) in [6.45, 7) is 4.99. The lowest BCUT2D eigenvalue weighted by Gasteiger charge is -2.36. The van der Waals surface area contributed by atoms with Crippen LogP contribution < -0.4 is 5.32 Å². The Morgan fingerprint density at radius 1 is 1.23 bits per heavy atom. The summed E-state index contributed by atoms with van der Waals surface area (Å²) < 4.78 is 0. The first-order chi connectivity index (χ1) is 14.1. The van der Waals surface area contributed by atoms with Crippen LogP contribution in [-0.2, 0) is 11.3 Å². The molecule has 162 valence electrons. The number of benzene rings is 1. The number of piperazine rings is 1. The second kappa shape index (κ2) is 12.1. The van der Waals surface area contributed by atoms with E-state index >= 15 is 0 Å². The summed E-state index contributed by atoms with van der Waals surface area (Å²) in [7, 11) is 0. The Morgan fingerprint density at radius 3 is 2.57 bits per heavy atom. The van der Waals surface area contributed by atoms with Gasteiger partial charge in [0, 0.05) is 43.6 Å². The lowest BCUT2D eigenvalue weighted by Crippen LogP contribution is -2.55. The number of aliphatic hydroxyl groups excluding tert-OH is 1. The molecule has 1 atom stereocenters. The van der Waals surface area contributed by atoms with E-state index in [1.165, 1.54) is 0 Å². The summed E-state index contributed by atoms with van der Waals surface area (Å²) >= 11 is 5.93. The van der Waals surface area contributed by atoms with E-state index in [1.54, 1.807) is 24.5 Å². The van der Waals surface area contributed by atoms with Crippen molar-refractivity contribution in [3.05, 3.63) is 64.9 Å². The van der Waals surface area contributed by atoms with Crippen molar-refractivity contribution in [3.63, 3.8) is 0 Å². The van der Waals surface area contributed by atoms with Gasteiger partial charge in [0.1, 0.15) is 0 Å². The SMILES string of the molecule is CCNC(=NCC(O)c1ccncc1)N1CCN(Cc2ccc(Cl)cc2)C(=O)C1.I. The smallest absolute Gasteiger partial charge is 0.242 e. The zero-order valence-corrected chi connectivity index (χ0v) is 20.0. The lowest BCUT2D eigenvalue weighted by atomic mass is 10.1. The average molecular weight is 544 g/mol. The van der Waals surface area contributed by atoms with Gasteiger partial charge in [-0.3, -0.25) is 14.8 Å². The van der Waals surface area contributed by atoms with E-state index in [9.17, 15) is 9.90 Å². The number of nitrogens with one attached hydrogen (secondary N) is 1. The van der Waals surface area contributed by atoms with Gasteiger partial charge in [0.25, 0.3) is 0 Å². The quantitative estimate of drug-likeness (QED) is 0.333. The van der Waals surface area contributed by atoms with Gasteiger partial charge in [-0.05, 0) is 42.3 Å². The third-order valence-corrected chi connectivity index (χ3v) is 5.00. The first-order valence-electron chi connectivity index (χ1n) is 9.70. The zero-order chi connectivity index (χ0) is 20.6. The number of aliphatic hydroxyl groups is 1. The predicted molar refractivity (Wildman–Crippen MR) is 129 cm³/mol. The number of nitrogens with zero attached hydrogens (tertiary/aromatic N) is 4. The summed E-state index contributed by atoms with van der Waals surface area (Å²) in [4.78, 5) is 24.9. The number of hydrogen-bond donors (Lipinski definition) is 2. The molecule has 1 saturated heterocycles. The summed E-state index contributed by atoms with van der Waals surface area (Å²) in [6, 6.07) is 11.1. The third-order valence-electron chi connectivity index (χ3n) is 4.74. The fourth-order valence-electron chi connectivity index (χ4n) is 3.16. The molecule has 9 heteroatoms. The maximum absolute atomic E-state index is 12.7. The van der Waals surface area contributed by atoms with Crippen molar-refractivity contribution in [3.8, 4) is 0 Å². The summed E-state index contributed by atoms with van der Waals surface area (Å²) in [6.07, 6.45) is 2.58. The molecule has 0 spiro atoms.